The molecule has 0 aliphatic rings. The first-order chi connectivity index (χ1) is 20.3. The fourth-order valence-corrected chi connectivity index (χ4v) is 3.53. The van der Waals surface area contributed by atoms with E-state index in [1.807, 2.05) is 6.92 Å². The highest BCUT2D eigenvalue weighted by Crippen LogP contribution is 2.39. The van der Waals surface area contributed by atoms with Gasteiger partial charge in [-0.25, -0.2) is 27.5 Å². The molecular formula is C30H15F9N2O2. The summed E-state index contributed by atoms with van der Waals surface area (Å²) in [5.41, 5.74) is -3.69. The zero-order valence-electron chi connectivity index (χ0n) is 21.6. The van der Waals surface area contributed by atoms with Gasteiger partial charge in [-0.05, 0) is 49.2 Å². The van der Waals surface area contributed by atoms with E-state index >= 15 is 0 Å². The normalized spacial score (nSPS) is 11.2. The van der Waals surface area contributed by atoms with E-state index in [4.69, 9.17) is 4.74 Å². The highest BCUT2D eigenvalue weighted by Gasteiger charge is 2.43. The van der Waals surface area contributed by atoms with Crippen molar-refractivity contribution in [1.29, 1.82) is 0 Å². The Labute approximate surface area is 238 Å². The van der Waals surface area contributed by atoms with Crippen LogP contribution < -0.4 is 9.47 Å². The first-order valence-electron chi connectivity index (χ1n) is 12.0. The highest BCUT2D eigenvalue weighted by atomic mass is 19.4. The van der Waals surface area contributed by atoms with Crippen LogP contribution in [0.15, 0.2) is 60.9 Å². The van der Waals surface area contributed by atoms with E-state index in [1.165, 1.54) is 12.4 Å². The highest BCUT2D eigenvalue weighted by molar-refractivity contribution is 5.47. The number of nitrogens with zero attached hydrogens (tertiary/aromatic N) is 2. The third kappa shape index (κ3) is 7.57. The topological polar surface area (TPSA) is 44.2 Å². The van der Waals surface area contributed by atoms with Crippen molar-refractivity contribution in [3.63, 3.8) is 0 Å². The predicted molar refractivity (Wildman–Crippen MR) is 134 cm³/mol. The molecule has 0 unspecified atom stereocenters. The third-order valence-electron chi connectivity index (χ3n) is 5.37. The van der Waals surface area contributed by atoms with E-state index in [0.717, 1.165) is 0 Å². The molecular weight excluding hydrogens is 591 g/mol. The predicted octanol–water partition coefficient (Wildman–Crippen LogP) is 7.38. The number of aromatic nitrogens is 2. The second-order valence-corrected chi connectivity index (χ2v) is 8.45. The monoisotopic (exact) mass is 606 g/mol. The van der Waals surface area contributed by atoms with Crippen molar-refractivity contribution in [2.45, 2.75) is 19.2 Å². The molecule has 0 radical (unpaired) electrons. The summed E-state index contributed by atoms with van der Waals surface area (Å²) in [6.07, 6.45) is -7.38. The SMILES string of the molecule is CCOc1cnc(C#Cc2ccc(C#Cc3cc(F)c(C(F)(F)Oc4cc(F)c(C(F)(F)F)c(F)c4)c(F)c3)cc2)nc1. The van der Waals surface area contributed by atoms with Gasteiger partial charge in [-0.15, -0.1) is 0 Å². The van der Waals surface area contributed by atoms with Crippen molar-refractivity contribution < 1.29 is 49.0 Å². The molecule has 220 valence electrons. The Morgan fingerprint density at radius 2 is 1.09 bits per heavy atom. The van der Waals surface area contributed by atoms with Crippen molar-refractivity contribution in [3.05, 3.63) is 118 Å². The first kappa shape index (κ1) is 30.8. The quantitative estimate of drug-likeness (QED) is 0.176. The van der Waals surface area contributed by atoms with Crippen LogP contribution in [0, 0.1) is 47.0 Å². The van der Waals surface area contributed by atoms with E-state index in [9.17, 15) is 39.5 Å². The molecule has 0 atom stereocenters. The number of hydrogen-bond acceptors (Lipinski definition) is 4. The molecule has 0 bridgehead atoms. The van der Waals surface area contributed by atoms with Gasteiger partial charge in [-0.1, -0.05) is 17.8 Å². The lowest BCUT2D eigenvalue weighted by Gasteiger charge is -2.20. The average molecular weight is 606 g/mol. The summed E-state index contributed by atoms with van der Waals surface area (Å²) in [6.45, 7) is 2.28. The minimum absolute atomic E-state index is 0.180. The summed E-state index contributed by atoms with van der Waals surface area (Å²) < 4.78 is 133. The molecule has 0 aliphatic heterocycles. The van der Waals surface area contributed by atoms with Gasteiger partial charge >= 0.3 is 12.3 Å². The van der Waals surface area contributed by atoms with Crippen LogP contribution in [0.2, 0.25) is 0 Å². The van der Waals surface area contributed by atoms with Gasteiger partial charge in [0.15, 0.2) is 5.75 Å². The largest absolute Gasteiger partial charge is 0.491 e. The molecule has 43 heavy (non-hydrogen) atoms. The Bertz CT molecular complexity index is 1720. The zero-order valence-corrected chi connectivity index (χ0v) is 21.6. The van der Waals surface area contributed by atoms with Gasteiger partial charge in [0.05, 0.1) is 19.0 Å². The van der Waals surface area contributed by atoms with E-state index in [-0.39, 0.29) is 23.5 Å². The lowest BCUT2D eigenvalue weighted by atomic mass is 10.1. The van der Waals surface area contributed by atoms with Crippen LogP contribution in [0.25, 0.3) is 0 Å². The molecule has 1 aromatic heterocycles. The smallest absolute Gasteiger partial charge is 0.432 e. The van der Waals surface area contributed by atoms with Gasteiger partial charge in [0.1, 0.15) is 40.1 Å². The second kappa shape index (κ2) is 12.4. The zero-order chi connectivity index (χ0) is 31.4. The summed E-state index contributed by atoms with van der Waals surface area (Å²) in [6, 6.07) is 6.85. The number of alkyl halides is 5. The van der Waals surface area contributed by atoms with E-state index < -0.39 is 52.4 Å². The number of rotatable bonds is 5. The van der Waals surface area contributed by atoms with Crippen molar-refractivity contribution in [1.82, 2.24) is 9.97 Å². The van der Waals surface area contributed by atoms with Crippen LogP contribution in [0.5, 0.6) is 11.5 Å². The van der Waals surface area contributed by atoms with Crippen LogP contribution >= 0.6 is 0 Å². The molecule has 1 heterocycles. The summed E-state index contributed by atoms with van der Waals surface area (Å²) in [5.74, 6) is 1.77. The Hall–Kier alpha value is -5.17. The summed E-state index contributed by atoms with van der Waals surface area (Å²) in [5, 5.41) is 0. The van der Waals surface area contributed by atoms with Gasteiger partial charge in [0.25, 0.3) is 0 Å². The van der Waals surface area contributed by atoms with Crippen LogP contribution in [0.4, 0.5) is 39.5 Å². The molecule has 13 heteroatoms. The Balaban J connectivity index is 1.49. The third-order valence-corrected chi connectivity index (χ3v) is 5.37. The minimum Gasteiger partial charge on any atom is -0.491 e. The average Bonchev–Trinajstić information content (AvgIpc) is 2.90. The van der Waals surface area contributed by atoms with Gasteiger partial charge in [-0.2, -0.15) is 22.0 Å². The lowest BCUT2D eigenvalue weighted by molar-refractivity contribution is -0.189. The van der Waals surface area contributed by atoms with Crippen molar-refractivity contribution >= 4 is 0 Å². The van der Waals surface area contributed by atoms with E-state index in [0.29, 0.717) is 35.6 Å². The standard InChI is InChI=1S/C30H15F9N2O2/c1-2-42-21-15-40-26(41-16-21)10-9-18-5-3-17(4-6-18)7-8-19-11-22(31)28(23(32)12-19)30(38,39)43-20-13-24(33)27(25(34)14-20)29(35,36)37/h3-6,11-16H,2H2,1H3. The maximum absolute atomic E-state index is 14.6. The summed E-state index contributed by atoms with van der Waals surface area (Å²) in [7, 11) is 0. The van der Waals surface area contributed by atoms with Crippen molar-refractivity contribution in [2.24, 2.45) is 0 Å². The molecule has 0 spiro atoms. The molecule has 0 saturated carbocycles. The molecule has 0 aliphatic carbocycles. The number of ether oxygens (including phenoxy) is 2. The first-order valence-corrected chi connectivity index (χ1v) is 12.0. The van der Waals surface area contributed by atoms with Gasteiger partial charge in [0, 0.05) is 28.8 Å². The Morgan fingerprint density at radius 1 is 0.628 bits per heavy atom. The van der Waals surface area contributed by atoms with Crippen LogP contribution in [0.3, 0.4) is 0 Å². The van der Waals surface area contributed by atoms with Gasteiger partial charge < -0.3 is 9.47 Å². The second-order valence-electron chi connectivity index (χ2n) is 8.45. The van der Waals surface area contributed by atoms with E-state index in [2.05, 4.69) is 38.4 Å². The van der Waals surface area contributed by atoms with Crippen molar-refractivity contribution in [3.8, 4) is 35.2 Å². The fourth-order valence-electron chi connectivity index (χ4n) is 3.53. The molecule has 3 aromatic carbocycles. The maximum Gasteiger partial charge on any atom is 0.432 e. The van der Waals surface area contributed by atoms with Crippen LogP contribution in [-0.4, -0.2) is 16.6 Å². The van der Waals surface area contributed by atoms with Gasteiger partial charge in [0.2, 0.25) is 5.82 Å². The number of benzene rings is 3. The maximum atomic E-state index is 14.6. The molecule has 4 rings (SSSR count). The molecule has 4 nitrogen and oxygen atoms in total. The molecule has 0 N–H and O–H groups in total. The summed E-state index contributed by atoms with van der Waals surface area (Å²) in [4.78, 5) is 8.10. The Kier molecular flexibility index (Phi) is 8.85. The van der Waals surface area contributed by atoms with Crippen LogP contribution in [-0.2, 0) is 12.3 Å². The van der Waals surface area contributed by atoms with Crippen LogP contribution in [0.1, 0.15) is 40.6 Å². The molecule has 0 amide bonds. The van der Waals surface area contributed by atoms with Crippen molar-refractivity contribution in [2.75, 3.05) is 6.61 Å². The molecule has 0 fully saturated rings. The lowest BCUT2D eigenvalue weighted by Crippen LogP contribution is -2.25. The Morgan fingerprint density at radius 3 is 1.58 bits per heavy atom. The van der Waals surface area contributed by atoms with Gasteiger partial charge in [-0.3, -0.25) is 0 Å². The minimum atomic E-state index is -5.46. The number of halogens is 9. The summed E-state index contributed by atoms with van der Waals surface area (Å²) >= 11 is 0. The fraction of sp³-hybridized carbons (Fsp3) is 0.133. The molecule has 0 saturated heterocycles. The van der Waals surface area contributed by atoms with E-state index in [1.54, 1.807) is 24.3 Å². The molecule has 4 aromatic rings. The number of hydrogen-bond donors (Lipinski definition) is 0.